The van der Waals surface area contributed by atoms with E-state index in [-0.39, 0.29) is 0 Å². The molecule has 0 amide bonds. The Labute approximate surface area is 138 Å². The molecule has 0 saturated heterocycles. The summed E-state index contributed by atoms with van der Waals surface area (Å²) in [6, 6.07) is 13.8. The fourth-order valence-corrected chi connectivity index (χ4v) is 3.07. The average Bonchev–Trinajstić information content (AvgIpc) is 3.03. The summed E-state index contributed by atoms with van der Waals surface area (Å²) in [6.45, 7) is 2.39. The smallest absolute Gasteiger partial charge is 0.316 e. The Morgan fingerprint density at radius 1 is 1.30 bits per heavy atom. The lowest BCUT2D eigenvalue weighted by Gasteiger charge is -2.10. The Kier molecular flexibility index (Phi) is 4.52. The molecular formula is C17H17N3O2S. The highest BCUT2D eigenvalue weighted by Gasteiger charge is 2.12. The number of rotatable bonds is 6. The molecule has 0 aliphatic heterocycles. The molecule has 0 fully saturated rings. The van der Waals surface area contributed by atoms with Crippen LogP contribution in [0.5, 0.6) is 0 Å². The number of aromatic nitrogens is 2. The number of benzene rings is 1. The van der Waals surface area contributed by atoms with Crippen LogP contribution in [0.15, 0.2) is 59.8 Å². The zero-order chi connectivity index (χ0) is 16.2. The topological polar surface area (TPSA) is 66.6 Å². The van der Waals surface area contributed by atoms with Crippen LogP contribution in [0.3, 0.4) is 0 Å². The molecule has 0 aliphatic rings. The van der Waals surface area contributed by atoms with Gasteiger partial charge in [0.25, 0.3) is 0 Å². The van der Waals surface area contributed by atoms with Crippen molar-refractivity contribution >= 4 is 28.9 Å². The molecule has 5 nitrogen and oxygen atoms in total. The second kappa shape index (κ2) is 6.75. The van der Waals surface area contributed by atoms with Crippen molar-refractivity contribution in [2.75, 3.05) is 5.32 Å². The second-order valence-electron chi connectivity index (χ2n) is 5.17. The van der Waals surface area contributed by atoms with Crippen molar-refractivity contribution in [1.29, 1.82) is 0 Å². The van der Waals surface area contributed by atoms with Crippen molar-refractivity contribution in [1.82, 2.24) is 9.61 Å². The Morgan fingerprint density at radius 2 is 2.09 bits per heavy atom. The van der Waals surface area contributed by atoms with Gasteiger partial charge in [-0.1, -0.05) is 6.07 Å². The summed E-state index contributed by atoms with van der Waals surface area (Å²) in [6.07, 6.45) is 3.71. The van der Waals surface area contributed by atoms with Crippen LogP contribution >= 0.6 is 11.8 Å². The monoisotopic (exact) mass is 327 g/mol. The highest BCUT2D eigenvalue weighted by atomic mass is 32.2. The number of hydrogen-bond donors (Lipinski definition) is 2. The molecule has 1 atom stereocenters. The maximum absolute atomic E-state index is 10.9. The van der Waals surface area contributed by atoms with Crippen LogP contribution in [-0.4, -0.2) is 25.9 Å². The molecule has 3 aromatic rings. The predicted octanol–water partition coefficient (Wildman–Crippen LogP) is 3.51. The largest absolute Gasteiger partial charge is 0.480 e. The van der Waals surface area contributed by atoms with Gasteiger partial charge >= 0.3 is 5.97 Å². The first-order chi connectivity index (χ1) is 11.1. The summed E-state index contributed by atoms with van der Waals surface area (Å²) in [5.74, 6) is -0.800. The van der Waals surface area contributed by atoms with Gasteiger partial charge in [0, 0.05) is 29.5 Å². The van der Waals surface area contributed by atoms with E-state index >= 15 is 0 Å². The summed E-state index contributed by atoms with van der Waals surface area (Å²) in [7, 11) is 0. The van der Waals surface area contributed by atoms with Gasteiger partial charge in [0.1, 0.15) is 5.25 Å². The van der Waals surface area contributed by atoms with Gasteiger partial charge in [-0.15, -0.1) is 11.8 Å². The fraction of sp³-hybridized carbons (Fsp3) is 0.176. The minimum absolute atomic E-state index is 0.451. The van der Waals surface area contributed by atoms with Crippen molar-refractivity contribution in [3.05, 3.63) is 60.4 Å². The van der Waals surface area contributed by atoms with Crippen LogP contribution in [0, 0.1) is 0 Å². The molecule has 1 unspecified atom stereocenters. The SMILES string of the molecule is CC(Sc1ccc(NCc2cccn3nccc23)cc1)C(=O)O. The predicted molar refractivity (Wildman–Crippen MR) is 91.9 cm³/mol. The van der Waals surface area contributed by atoms with E-state index < -0.39 is 11.2 Å². The Bertz CT molecular complexity index is 814. The van der Waals surface area contributed by atoms with Crippen LogP contribution in [-0.2, 0) is 11.3 Å². The first-order valence-electron chi connectivity index (χ1n) is 7.28. The van der Waals surface area contributed by atoms with Gasteiger partial charge in [-0.3, -0.25) is 4.79 Å². The highest BCUT2D eigenvalue weighted by molar-refractivity contribution is 8.00. The Morgan fingerprint density at radius 3 is 2.83 bits per heavy atom. The van der Waals surface area contributed by atoms with E-state index in [0.29, 0.717) is 6.54 Å². The number of fused-ring (bicyclic) bond motifs is 1. The molecule has 0 saturated carbocycles. The van der Waals surface area contributed by atoms with E-state index in [4.69, 9.17) is 5.11 Å². The third-order valence-electron chi connectivity index (χ3n) is 3.52. The minimum atomic E-state index is -0.800. The average molecular weight is 327 g/mol. The maximum atomic E-state index is 10.9. The zero-order valence-electron chi connectivity index (χ0n) is 12.6. The number of carbonyl (C=O) groups is 1. The van der Waals surface area contributed by atoms with Crippen LogP contribution in [0.25, 0.3) is 5.52 Å². The van der Waals surface area contributed by atoms with Gasteiger partial charge in [-0.05, 0) is 48.9 Å². The van der Waals surface area contributed by atoms with Gasteiger partial charge in [-0.2, -0.15) is 5.10 Å². The summed E-state index contributed by atoms with van der Waals surface area (Å²) in [5.41, 5.74) is 3.25. The molecule has 0 aliphatic carbocycles. The first kappa shape index (κ1) is 15.4. The lowest BCUT2D eigenvalue weighted by atomic mass is 10.2. The van der Waals surface area contributed by atoms with Crippen LogP contribution in [0.1, 0.15) is 12.5 Å². The van der Waals surface area contributed by atoms with Gasteiger partial charge in [0.15, 0.2) is 0 Å². The van der Waals surface area contributed by atoms with Gasteiger partial charge in [-0.25, -0.2) is 4.52 Å². The van der Waals surface area contributed by atoms with Gasteiger partial charge in [0.2, 0.25) is 0 Å². The molecule has 6 heteroatoms. The highest BCUT2D eigenvalue weighted by Crippen LogP contribution is 2.25. The molecule has 1 aromatic carbocycles. The first-order valence-corrected chi connectivity index (χ1v) is 8.16. The number of aliphatic carboxylic acids is 1. The molecule has 0 spiro atoms. The lowest BCUT2D eigenvalue weighted by molar-refractivity contribution is -0.136. The molecule has 0 radical (unpaired) electrons. The van der Waals surface area contributed by atoms with Crippen molar-refractivity contribution in [2.24, 2.45) is 0 Å². The van der Waals surface area contributed by atoms with Crippen molar-refractivity contribution in [2.45, 2.75) is 23.6 Å². The van der Waals surface area contributed by atoms with E-state index in [9.17, 15) is 4.79 Å². The maximum Gasteiger partial charge on any atom is 0.316 e. The van der Waals surface area contributed by atoms with Crippen molar-refractivity contribution in [3.63, 3.8) is 0 Å². The summed E-state index contributed by atoms with van der Waals surface area (Å²) >= 11 is 1.34. The molecule has 0 bridgehead atoms. The normalized spacial score (nSPS) is 12.2. The molecule has 2 heterocycles. The number of anilines is 1. The molecule has 3 rings (SSSR count). The van der Waals surface area contributed by atoms with Crippen LogP contribution in [0.4, 0.5) is 5.69 Å². The third kappa shape index (κ3) is 3.65. The number of carboxylic acid groups (broad SMARTS) is 1. The summed E-state index contributed by atoms with van der Waals surface area (Å²) in [4.78, 5) is 11.8. The van der Waals surface area contributed by atoms with Gasteiger partial charge in [0.05, 0.1) is 5.52 Å². The second-order valence-corrected chi connectivity index (χ2v) is 6.58. The molecule has 118 valence electrons. The summed E-state index contributed by atoms with van der Waals surface area (Å²) in [5, 5.41) is 16.1. The number of nitrogens with one attached hydrogen (secondary N) is 1. The third-order valence-corrected chi connectivity index (χ3v) is 4.62. The Balaban J connectivity index is 1.65. The van der Waals surface area contributed by atoms with E-state index in [2.05, 4.69) is 16.5 Å². The van der Waals surface area contributed by atoms with Crippen molar-refractivity contribution < 1.29 is 9.90 Å². The molecule has 23 heavy (non-hydrogen) atoms. The standard InChI is InChI=1S/C17H17N3O2S/c1-12(17(21)22)23-15-6-4-14(5-7-15)18-11-13-3-2-10-20-16(13)8-9-19-20/h2-10,12,18H,11H2,1H3,(H,21,22). The molecule has 2 N–H and O–H groups in total. The van der Waals surface area contributed by atoms with E-state index in [0.717, 1.165) is 16.1 Å². The van der Waals surface area contributed by atoms with E-state index in [1.807, 2.05) is 47.1 Å². The number of pyridine rings is 1. The number of thioether (sulfide) groups is 1. The molecule has 2 aromatic heterocycles. The van der Waals surface area contributed by atoms with E-state index in [1.54, 1.807) is 13.1 Å². The minimum Gasteiger partial charge on any atom is -0.480 e. The van der Waals surface area contributed by atoms with E-state index in [1.165, 1.54) is 17.3 Å². The zero-order valence-corrected chi connectivity index (χ0v) is 13.5. The van der Waals surface area contributed by atoms with Crippen LogP contribution < -0.4 is 5.32 Å². The lowest BCUT2D eigenvalue weighted by Crippen LogP contribution is -2.10. The summed E-state index contributed by atoms with van der Waals surface area (Å²) < 4.78 is 1.85. The van der Waals surface area contributed by atoms with Gasteiger partial charge < -0.3 is 10.4 Å². The molecular weight excluding hydrogens is 310 g/mol. The fourth-order valence-electron chi connectivity index (χ4n) is 2.27. The van der Waals surface area contributed by atoms with Crippen molar-refractivity contribution in [3.8, 4) is 0 Å². The quantitative estimate of drug-likeness (QED) is 0.678. The number of hydrogen-bond acceptors (Lipinski definition) is 4. The number of nitrogens with zero attached hydrogens (tertiary/aromatic N) is 2. The van der Waals surface area contributed by atoms with Crippen LogP contribution in [0.2, 0.25) is 0 Å². The number of carboxylic acids is 1. The Hall–Kier alpha value is -2.47.